The summed E-state index contributed by atoms with van der Waals surface area (Å²) in [5.41, 5.74) is 1.10. The van der Waals surface area contributed by atoms with Crippen LogP contribution in [-0.2, 0) is 11.2 Å². The van der Waals surface area contributed by atoms with E-state index in [1.54, 1.807) is 7.11 Å². The highest BCUT2D eigenvalue weighted by Crippen LogP contribution is 2.18. The van der Waals surface area contributed by atoms with E-state index < -0.39 is 0 Å². The monoisotopic (exact) mass is 391 g/mol. The molecule has 0 heterocycles. The normalized spacial score (nSPS) is 10.2. The van der Waals surface area contributed by atoms with E-state index in [-0.39, 0.29) is 5.91 Å². The summed E-state index contributed by atoms with van der Waals surface area (Å²) < 4.78 is 11.9. The van der Waals surface area contributed by atoms with Crippen molar-refractivity contribution < 1.29 is 14.3 Å². The van der Waals surface area contributed by atoms with Crippen molar-refractivity contribution in [3.05, 3.63) is 58.6 Å². The van der Waals surface area contributed by atoms with Crippen LogP contribution in [0.4, 0.5) is 0 Å². The summed E-state index contributed by atoms with van der Waals surface area (Å²) in [4.78, 5) is 11.8. The fourth-order valence-electron chi connectivity index (χ4n) is 2.31. The third kappa shape index (κ3) is 6.24. The molecule has 4 nitrogen and oxygen atoms in total. The molecular weight excluding hydrogens is 370 g/mol. The zero-order valence-corrected chi connectivity index (χ0v) is 15.3. The number of amides is 1. The number of carbonyl (C=O) groups is 1. The Hall–Kier alpha value is -2.01. The minimum absolute atomic E-state index is 0.0442. The third-order valence-corrected chi connectivity index (χ3v) is 4.02. The molecule has 0 spiro atoms. The van der Waals surface area contributed by atoms with Gasteiger partial charge in [-0.25, -0.2) is 0 Å². The van der Waals surface area contributed by atoms with Gasteiger partial charge in [0.25, 0.3) is 0 Å². The van der Waals surface area contributed by atoms with Crippen LogP contribution < -0.4 is 14.8 Å². The van der Waals surface area contributed by atoms with Gasteiger partial charge in [0.2, 0.25) is 5.91 Å². The van der Waals surface area contributed by atoms with Crippen LogP contribution in [0, 0.1) is 0 Å². The largest absolute Gasteiger partial charge is 0.496 e. The minimum atomic E-state index is 0.0442. The number of carbonyl (C=O) groups excluding carboxylic acids is 1. The second kappa shape index (κ2) is 9.98. The lowest BCUT2D eigenvalue weighted by molar-refractivity contribution is -0.121. The van der Waals surface area contributed by atoms with E-state index in [9.17, 15) is 4.79 Å². The van der Waals surface area contributed by atoms with E-state index in [4.69, 9.17) is 9.47 Å². The first-order valence-electron chi connectivity index (χ1n) is 7.96. The molecule has 1 amide bonds. The third-order valence-electron chi connectivity index (χ3n) is 3.52. The quantitative estimate of drug-likeness (QED) is 0.657. The van der Waals surface area contributed by atoms with Gasteiger partial charge in [0.15, 0.2) is 0 Å². The number of hydrogen-bond donors (Lipinski definition) is 1. The van der Waals surface area contributed by atoms with Gasteiger partial charge in [-0.3, -0.25) is 4.79 Å². The highest BCUT2D eigenvalue weighted by molar-refractivity contribution is 9.10. The van der Waals surface area contributed by atoms with Crippen LogP contribution in [0.5, 0.6) is 11.5 Å². The molecular formula is C19H22BrNO3. The van der Waals surface area contributed by atoms with E-state index >= 15 is 0 Å². The summed E-state index contributed by atoms with van der Waals surface area (Å²) in [5.74, 6) is 1.71. The van der Waals surface area contributed by atoms with E-state index in [1.807, 2.05) is 48.5 Å². The molecule has 2 rings (SSSR count). The highest BCUT2D eigenvalue weighted by atomic mass is 79.9. The van der Waals surface area contributed by atoms with Crippen LogP contribution in [-0.4, -0.2) is 26.2 Å². The van der Waals surface area contributed by atoms with Gasteiger partial charge in [0.1, 0.15) is 11.5 Å². The molecule has 0 aliphatic carbocycles. The summed E-state index contributed by atoms with van der Waals surface area (Å²) in [6.07, 6.45) is 1.90. The predicted octanol–water partition coefficient (Wildman–Crippen LogP) is 3.98. The molecule has 1 N–H and O–H groups in total. The number of halogens is 1. The number of benzene rings is 2. The number of methoxy groups -OCH3 is 1. The molecule has 5 heteroatoms. The molecule has 0 aliphatic heterocycles. The number of para-hydroxylation sites is 1. The van der Waals surface area contributed by atoms with E-state index in [2.05, 4.69) is 21.2 Å². The molecule has 0 fully saturated rings. The van der Waals surface area contributed by atoms with Gasteiger partial charge < -0.3 is 14.8 Å². The van der Waals surface area contributed by atoms with Crippen LogP contribution in [0.3, 0.4) is 0 Å². The van der Waals surface area contributed by atoms with Crippen molar-refractivity contribution in [2.75, 3.05) is 20.3 Å². The summed E-state index contributed by atoms with van der Waals surface area (Å²) >= 11 is 3.40. The minimum Gasteiger partial charge on any atom is -0.496 e. The number of rotatable bonds is 9. The van der Waals surface area contributed by atoms with E-state index in [0.29, 0.717) is 26.0 Å². The van der Waals surface area contributed by atoms with Crippen molar-refractivity contribution in [3.63, 3.8) is 0 Å². The standard InChI is InChI=1S/C19H22BrNO3/c1-23-18-9-3-2-6-15(18)11-12-21-19(22)10-5-13-24-17-8-4-7-16(20)14-17/h2-4,6-9,14H,5,10-13H2,1H3,(H,21,22). The lowest BCUT2D eigenvalue weighted by atomic mass is 10.1. The van der Waals surface area contributed by atoms with Gasteiger partial charge in [-0.1, -0.05) is 40.2 Å². The Morgan fingerprint density at radius 3 is 2.79 bits per heavy atom. The second-order valence-corrected chi connectivity index (χ2v) is 6.24. The van der Waals surface area contributed by atoms with Gasteiger partial charge in [-0.05, 0) is 42.7 Å². The second-order valence-electron chi connectivity index (χ2n) is 5.32. The van der Waals surface area contributed by atoms with Crippen molar-refractivity contribution in [2.45, 2.75) is 19.3 Å². The molecule has 2 aromatic rings. The van der Waals surface area contributed by atoms with Gasteiger partial charge in [0.05, 0.1) is 13.7 Å². The summed E-state index contributed by atoms with van der Waals surface area (Å²) in [7, 11) is 1.66. The van der Waals surface area contributed by atoms with Crippen LogP contribution in [0.1, 0.15) is 18.4 Å². The fraction of sp³-hybridized carbons (Fsp3) is 0.316. The topological polar surface area (TPSA) is 47.6 Å². The molecule has 128 valence electrons. The zero-order chi connectivity index (χ0) is 17.2. The van der Waals surface area contributed by atoms with Gasteiger partial charge in [-0.2, -0.15) is 0 Å². The molecule has 0 radical (unpaired) electrons. The van der Waals surface area contributed by atoms with Crippen molar-refractivity contribution in [3.8, 4) is 11.5 Å². The van der Waals surface area contributed by atoms with Crippen LogP contribution in [0.2, 0.25) is 0 Å². The molecule has 2 aromatic carbocycles. The zero-order valence-electron chi connectivity index (χ0n) is 13.8. The molecule has 0 unspecified atom stereocenters. The van der Waals surface area contributed by atoms with Crippen LogP contribution in [0.15, 0.2) is 53.0 Å². The lowest BCUT2D eigenvalue weighted by Crippen LogP contribution is -2.25. The first-order valence-corrected chi connectivity index (χ1v) is 8.75. The summed E-state index contributed by atoms with van der Waals surface area (Å²) in [6.45, 7) is 1.13. The maximum atomic E-state index is 11.8. The van der Waals surface area contributed by atoms with Crippen molar-refractivity contribution in [2.24, 2.45) is 0 Å². The fourth-order valence-corrected chi connectivity index (χ4v) is 2.69. The Balaban J connectivity index is 1.61. The Bertz CT molecular complexity index is 661. The SMILES string of the molecule is COc1ccccc1CCNC(=O)CCCOc1cccc(Br)c1. The Kier molecular flexibility index (Phi) is 7.62. The molecule has 0 bridgehead atoms. The van der Waals surface area contributed by atoms with Gasteiger partial charge >= 0.3 is 0 Å². The molecule has 0 saturated carbocycles. The molecule has 0 saturated heterocycles. The smallest absolute Gasteiger partial charge is 0.220 e. The van der Waals surface area contributed by atoms with Gasteiger partial charge in [-0.15, -0.1) is 0 Å². The molecule has 0 aliphatic rings. The first-order chi connectivity index (χ1) is 11.7. The van der Waals surface area contributed by atoms with Crippen molar-refractivity contribution in [1.82, 2.24) is 5.32 Å². The van der Waals surface area contributed by atoms with Crippen molar-refractivity contribution >= 4 is 21.8 Å². The molecule has 0 aromatic heterocycles. The van der Waals surface area contributed by atoms with Crippen LogP contribution in [0.25, 0.3) is 0 Å². The molecule has 0 atom stereocenters. The number of ether oxygens (including phenoxy) is 2. The lowest BCUT2D eigenvalue weighted by Gasteiger charge is -2.09. The Morgan fingerprint density at radius 1 is 1.17 bits per heavy atom. The Labute approximate surface area is 151 Å². The highest BCUT2D eigenvalue weighted by Gasteiger charge is 2.04. The molecule has 24 heavy (non-hydrogen) atoms. The van der Waals surface area contributed by atoms with Gasteiger partial charge in [0, 0.05) is 17.4 Å². The number of hydrogen-bond acceptors (Lipinski definition) is 3. The maximum Gasteiger partial charge on any atom is 0.220 e. The summed E-state index contributed by atoms with van der Waals surface area (Å²) in [6, 6.07) is 15.5. The average Bonchev–Trinajstić information content (AvgIpc) is 2.59. The number of nitrogens with one attached hydrogen (secondary N) is 1. The van der Waals surface area contributed by atoms with E-state index in [1.165, 1.54) is 0 Å². The Morgan fingerprint density at radius 2 is 2.00 bits per heavy atom. The first kappa shape index (κ1) is 18.3. The average molecular weight is 392 g/mol. The van der Waals surface area contributed by atoms with E-state index in [0.717, 1.165) is 28.0 Å². The summed E-state index contributed by atoms with van der Waals surface area (Å²) in [5, 5.41) is 2.93. The van der Waals surface area contributed by atoms with Crippen molar-refractivity contribution in [1.29, 1.82) is 0 Å². The predicted molar refractivity (Wildman–Crippen MR) is 98.6 cm³/mol. The van der Waals surface area contributed by atoms with Crippen LogP contribution >= 0.6 is 15.9 Å². The maximum absolute atomic E-state index is 11.8.